The topological polar surface area (TPSA) is 22.1 Å². The van der Waals surface area contributed by atoms with Crippen molar-refractivity contribution in [1.29, 1.82) is 0 Å². The Balaban J connectivity index is 1.79. The van der Waals surface area contributed by atoms with Crippen molar-refractivity contribution < 1.29 is 4.74 Å². The van der Waals surface area contributed by atoms with Gasteiger partial charge in [0.05, 0.1) is 6.61 Å². The van der Waals surface area contributed by atoms with Crippen LogP contribution in [-0.2, 0) is 6.42 Å². The van der Waals surface area contributed by atoms with E-state index in [1.54, 1.807) is 0 Å². The van der Waals surface area contributed by atoms with E-state index in [1.165, 1.54) is 62.5 Å². The molecule has 1 aromatic carbocycles. The van der Waals surface area contributed by atoms with Gasteiger partial charge in [-0.15, -0.1) is 0 Å². The van der Waals surface area contributed by atoms with Crippen molar-refractivity contribution in [2.45, 2.75) is 90.9 Å². The molecule has 2 heteroatoms. The molecule has 1 atom stereocenters. The van der Waals surface area contributed by atoms with Crippen LogP contribution in [0.1, 0.15) is 101 Å². The van der Waals surface area contributed by atoms with Crippen molar-refractivity contribution in [3.8, 4) is 5.75 Å². The Morgan fingerprint density at radius 2 is 1.46 bits per heavy atom. The normalized spacial score (nSPS) is 12.1. The highest BCUT2D eigenvalue weighted by molar-refractivity contribution is 5.33. The molecule has 0 radical (unpaired) electrons. The number of aryl methyl sites for hydroxylation is 1. The summed E-state index contributed by atoms with van der Waals surface area (Å²) in [5, 5.41) is 0. The summed E-state index contributed by atoms with van der Waals surface area (Å²) < 4.78 is 5.88. The van der Waals surface area contributed by atoms with Gasteiger partial charge in [-0.1, -0.05) is 83.9 Å². The van der Waals surface area contributed by atoms with E-state index in [-0.39, 0.29) is 0 Å². The SMILES string of the molecule is CCCCCCCOc1ccc(C(C)c2ccc(CCCCCC)cn2)cc1. The van der Waals surface area contributed by atoms with Crippen molar-refractivity contribution in [3.63, 3.8) is 0 Å². The Hall–Kier alpha value is -1.83. The predicted octanol–water partition coefficient (Wildman–Crippen LogP) is 7.71. The highest BCUT2D eigenvalue weighted by Gasteiger charge is 2.10. The molecule has 0 amide bonds. The first kappa shape index (κ1) is 22.5. The molecular formula is C26H39NO. The van der Waals surface area contributed by atoms with Crippen LogP contribution < -0.4 is 4.74 Å². The summed E-state index contributed by atoms with van der Waals surface area (Å²) in [6.45, 7) is 7.55. The highest BCUT2D eigenvalue weighted by atomic mass is 16.5. The van der Waals surface area contributed by atoms with E-state index in [9.17, 15) is 0 Å². The van der Waals surface area contributed by atoms with Crippen LogP contribution in [0.5, 0.6) is 5.75 Å². The van der Waals surface area contributed by atoms with Crippen molar-refractivity contribution in [2.24, 2.45) is 0 Å². The van der Waals surface area contributed by atoms with Gasteiger partial charge < -0.3 is 4.74 Å². The smallest absolute Gasteiger partial charge is 0.119 e. The number of benzene rings is 1. The van der Waals surface area contributed by atoms with Crippen molar-refractivity contribution in [1.82, 2.24) is 4.98 Å². The molecule has 0 aliphatic carbocycles. The molecule has 1 aromatic heterocycles. The first-order chi connectivity index (χ1) is 13.7. The van der Waals surface area contributed by atoms with Crippen LogP contribution in [0.3, 0.4) is 0 Å². The Labute approximate surface area is 172 Å². The van der Waals surface area contributed by atoms with Crippen molar-refractivity contribution >= 4 is 0 Å². The van der Waals surface area contributed by atoms with Gasteiger partial charge in [0.1, 0.15) is 5.75 Å². The third-order valence-corrected chi connectivity index (χ3v) is 5.51. The van der Waals surface area contributed by atoms with Crippen LogP contribution >= 0.6 is 0 Å². The molecule has 2 rings (SSSR count). The van der Waals surface area contributed by atoms with E-state index in [1.807, 2.05) is 0 Å². The maximum atomic E-state index is 5.88. The van der Waals surface area contributed by atoms with Crippen LogP contribution in [0, 0.1) is 0 Å². The van der Waals surface area contributed by atoms with Gasteiger partial charge in [-0.25, -0.2) is 0 Å². The summed E-state index contributed by atoms with van der Waals surface area (Å²) in [4.78, 5) is 4.73. The van der Waals surface area contributed by atoms with Crippen LogP contribution in [0.15, 0.2) is 42.6 Å². The molecule has 0 saturated carbocycles. The molecule has 2 nitrogen and oxygen atoms in total. The van der Waals surface area contributed by atoms with E-state index in [0.29, 0.717) is 5.92 Å². The zero-order valence-corrected chi connectivity index (χ0v) is 18.3. The number of hydrogen-bond donors (Lipinski definition) is 0. The molecule has 0 aliphatic rings. The molecule has 0 fully saturated rings. The maximum absolute atomic E-state index is 5.88. The standard InChI is InChI=1S/C26H39NO/c1-4-6-8-10-12-20-28-25-17-15-24(16-18-25)22(3)26-19-14-23(21-27-26)13-11-9-7-5-2/h14-19,21-22H,4-13,20H2,1-3H3. The van der Waals surface area contributed by atoms with E-state index in [0.717, 1.165) is 30.9 Å². The molecule has 154 valence electrons. The minimum absolute atomic E-state index is 0.303. The third-order valence-electron chi connectivity index (χ3n) is 5.51. The van der Waals surface area contributed by atoms with Crippen LogP contribution in [0.25, 0.3) is 0 Å². The quantitative estimate of drug-likeness (QED) is 0.313. The Morgan fingerprint density at radius 1 is 0.786 bits per heavy atom. The summed E-state index contributed by atoms with van der Waals surface area (Å²) in [7, 11) is 0. The fourth-order valence-corrected chi connectivity index (χ4v) is 3.51. The van der Waals surface area contributed by atoms with Gasteiger partial charge in [0.15, 0.2) is 0 Å². The van der Waals surface area contributed by atoms with E-state index >= 15 is 0 Å². The molecule has 0 saturated heterocycles. The number of pyridine rings is 1. The van der Waals surface area contributed by atoms with Gasteiger partial charge in [0.2, 0.25) is 0 Å². The van der Waals surface area contributed by atoms with Crippen molar-refractivity contribution in [3.05, 3.63) is 59.4 Å². The van der Waals surface area contributed by atoms with Crippen LogP contribution in [-0.4, -0.2) is 11.6 Å². The second-order valence-electron chi connectivity index (χ2n) is 7.96. The van der Waals surface area contributed by atoms with Gasteiger partial charge in [-0.05, 0) is 48.6 Å². The van der Waals surface area contributed by atoms with Gasteiger partial charge in [-0.2, -0.15) is 0 Å². The van der Waals surface area contributed by atoms with Gasteiger partial charge in [0, 0.05) is 17.8 Å². The Bertz CT molecular complexity index is 632. The monoisotopic (exact) mass is 381 g/mol. The lowest BCUT2D eigenvalue weighted by molar-refractivity contribution is 0.304. The van der Waals surface area contributed by atoms with Gasteiger partial charge in [0.25, 0.3) is 0 Å². The number of aromatic nitrogens is 1. The third kappa shape index (κ3) is 8.04. The van der Waals surface area contributed by atoms with Gasteiger partial charge >= 0.3 is 0 Å². The fourth-order valence-electron chi connectivity index (χ4n) is 3.51. The highest BCUT2D eigenvalue weighted by Crippen LogP contribution is 2.25. The molecular weight excluding hydrogens is 342 g/mol. The fraction of sp³-hybridized carbons (Fsp3) is 0.577. The summed E-state index contributed by atoms with van der Waals surface area (Å²) in [5.74, 6) is 1.28. The molecule has 0 N–H and O–H groups in total. The molecule has 2 aromatic rings. The number of nitrogens with zero attached hydrogens (tertiary/aromatic N) is 1. The first-order valence-electron chi connectivity index (χ1n) is 11.4. The van der Waals surface area contributed by atoms with E-state index in [2.05, 4.69) is 63.4 Å². The molecule has 1 unspecified atom stereocenters. The van der Waals surface area contributed by atoms with Crippen molar-refractivity contribution in [2.75, 3.05) is 6.61 Å². The summed E-state index contributed by atoms with van der Waals surface area (Å²) in [6, 6.07) is 13.0. The van der Waals surface area contributed by atoms with E-state index < -0.39 is 0 Å². The Kier molecular flexibility index (Phi) is 10.7. The average molecular weight is 382 g/mol. The average Bonchev–Trinajstić information content (AvgIpc) is 2.74. The summed E-state index contributed by atoms with van der Waals surface area (Å²) >= 11 is 0. The zero-order valence-electron chi connectivity index (χ0n) is 18.3. The van der Waals surface area contributed by atoms with E-state index in [4.69, 9.17) is 9.72 Å². The number of rotatable bonds is 14. The molecule has 0 bridgehead atoms. The zero-order chi connectivity index (χ0) is 20.0. The van der Waals surface area contributed by atoms with Crippen LogP contribution in [0.2, 0.25) is 0 Å². The number of ether oxygens (including phenoxy) is 1. The first-order valence-corrected chi connectivity index (χ1v) is 11.4. The minimum atomic E-state index is 0.303. The Morgan fingerprint density at radius 3 is 2.11 bits per heavy atom. The van der Waals surface area contributed by atoms with Gasteiger partial charge in [-0.3, -0.25) is 4.98 Å². The second-order valence-corrected chi connectivity index (χ2v) is 7.96. The summed E-state index contributed by atoms with van der Waals surface area (Å²) in [6.07, 6.45) is 14.8. The molecule has 28 heavy (non-hydrogen) atoms. The van der Waals surface area contributed by atoms with Crippen LogP contribution in [0.4, 0.5) is 0 Å². The lowest BCUT2D eigenvalue weighted by Crippen LogP contribution is -2.01. The largest absolute Gasteiger partial charge is 0.494 e. The molecule has 0 aliphatic heterocycles. The predicted molar refractivity (Wildman–Crippen MR) is 120 cm³/mol. The summed E-state index contributed by atoms with van der Waals surface area (Å²) in [5.41, 5.74) is 3.79. The molecule has 1 heterocycles. The maximum Gasteiger partial charge on any atom is 0.119 e. The minimum Gasteiger partial charge on any atom is -0.494 e. The lowest BCUT2D eigenvalue weighted by atomic mass is 9.96. The molecule has 0 spiro atoms. The number of hydrogen-bond acceptors (Lipinski definition) is 2. The second kappa shape index (κ2) is 13.4. The number of unbranched alkanes of at least 4 members (excludes halogenated alkanes) is 7. The lowest BCUT2D eigenvalue weighted by Gasteiger charge is -2.13.